The van der Waals surface area contributed by atoms with E-state index in [9.17, 15) is 0 Å². The van der Waals surface area contributed by atoms with Crippen molar-refractivity contribution in [2.75, 3.05) is 6.54 Å². The standard InChI is InChI=1S/C7H13N3S/c8-10-9-5-4-6-2-1-3-7(6)11/h6-7,11H,1-5H2. The molecule has 2 atom stereocenters. The van der Waals surface area contributed by atoms with Gasteiger partial charge in [0.2, 0.25) is 0 Å². The zero-order valence-electron chi connectivity index (χ0n) is 6.48. The Bertz CT molecular complexity index is 165. The molecule has 0 aliphatic heterocycles. The molecule has 0 heterocycles. The highest BCUT2D eigenvalue weighted by atomic mass is 32.1. The van der Waals surface area contributed by atoms with E-state index in [0.29, 0.717) is 17.7 Å². The van der Waals surface area contributed by atoms with Crippen LogP contribution >= 0.6 is 12.6 Å². The molecule has 11 heavy (non-hydrogen) atoms. The summed E-state index contributed by atoms with van der Waals surface area (Å²) in [6.45, 7) is 0.637. The minimum atomic E-state index is 0.545. The first-order valence-corrected chi connectivity index (χ1v) is 4.55. The van der Waals surface area contributed by atoms with E-state index in [4.69, 9.17) is 5.53 Å². The Labute approximate surface area is 72.2 Å². The summed E-state index contributed by atoms with van der Waals surface area (Å²) in [5.41, 5.74) is 8.05. The first-order valence-electron chi connectivity index (χ1n) is 4.03. The second kappa shape index (κ2) is 4.52. The maximum Gasteiger partial charge on any atom is 0.0260 e. The number of rotatable bonds is 3. The van der Waals surface area contributed by atoms with Crippen molar-refractivity contribution in [3.63, 3.8) is 0 Å². The van der Waals surface area contributed by atoms with Crippen LogP contribution in [0.5, 0.6) is 0 Å². The number of hydrogen-bond donors (Lipinski definition) is 1. The van der Waals surface area contributed by atoms with Crippen molar-refractivity contribution in [3.8, 4) is 0 Å². The highest BCUT2D eigenvalue weighted by molar-refractivity contribution is 7.81. The summed E-state index contributed by atoms with van der Waals surface area (Å²) in [7, 11) is 0. The molecular weight excluding hydrogens is 158 g/mol. The Morgan fingerprint density at radius 3 is 2.91 bits per heavy atom. The zero-order chi connectivity index (χ0) is 8.10. The van der Waals surface area contributed by atoms with Gasteiger partial charge in [-0.25, -0.2) is 0 Å². The predicted octanol–water partition coefficient (Wildman–Crippen LogP) is 2.79. The van der Waals surface area contributed by atoms with E-state index in [-0.39, 0.29) is 0 Å². The average molecular weight is 171 g/mol. The Morgan fingerprint density at radius 2 is 2.36 bits per heavy atom. The van der Waals surface area contributed by atoms with Crippen LogP contribution in [-0.4, -0.2) is 11.8 Å². The van der Waals surface area contributed by atoms with Crippen LogP contribution in [0.25, 0.3) is 10.4 Å². The molecule has 0 aromatic carbocycles. The smallest absolute Gasteiger partial charge is 0.0260 e. The molecule has 3 nitrogen and oxygen atoms in total. The van der Waals surface area contributed by atoms with Crippen molar-refractivity contribution in [3.05, 3.63) is 10.4 Å². The third-order valence-corrected chi connectivity index (χ3v) is 2.96. The van der Waals surface area contributed by atoms with Gasteiger partial charge in [-0.2, -0.15) is 12.6 Å². The molecule has 0 saturated heterocycles. The van der Waals surface area contributed by atoms with Crippen LogP contribution in [0.1, 0.15) is 25.7 Å². The van der Waals surface area contributed by atoms with Gasteiger partial charge in [-0.05, 0) is 30.7 Å². The van der Waals surface area contributed by atoms with E-state index in [1.54, 1.807) is 0 Å². The lowest BCUT2D eigenvalue weighted by Gasteiger charge is -2.11. The van der Waals surface area contributed by atoms with Gasteiger partial charge in [0.1, 0.15) is 0 Å². The van der Waals surface area contributed by atoms with Crippen LogP contribution in [-0.2, 0) is 0 Å². The minimum absolute atomic E-state index is 0.545. The third-order valence-electron chi connectivity index (χ3n) is 2.28. The average Bonchev–Trinajstić information content (AvgIpc) is 2.37. The first-order chi connectivity index (χ1) is 5.34. The lowest BCUT2D eigenvalue weighted by atomic mass is 10.0. The van der Waals surface area contributed by atoms with E-state index < -0.39 is 0 Å². The fourth-order valence-corrected chi connectivity index (χ4v) is 2.10. The molecule has 62 valence electrons. The molecule has 0 spiro atoms. The minimum Gasteiger partial charge on any atom is -0.176 e. The van der Waals surface area contributed by atoms with E-state index in [1.165, 1.54) is 19.3 Å². The van der Waals surface area contributed by atoms with E-state index in [1.807, 2.05) is 0 Å². The van der Waals surface area contributed by atoms with Gasteiger partial charge in [-0.15, -0.1) is 0 Å². The van der Waals surface area contributed by atoms with Crippen LogP contribution in [0, 0.1) is 5.92 Å². The summed E-state index contributed by atoms with van der Waals surface area (Å²) in [6.07, 6.45) is 4.78. The lowest BCUT2D eigenvalue weighted by molar-refractivity contribution is 0.522. The van der Waals surface area contributed by atoms with Crippen molar-refractivity contribution in [1.82, 2.24) is 0 Å². The van der Waals surface area contributed by atoms with E-state index in [2.05, 4.69) is 22.7 Å². The van der Waals surface area contributed by atoms with Crippen LogP contribution in [0.3, 0.4) is 0 Å². The highest BCUT2D eigenvalue weighted by Gasteiger charge is 2.22. The first kappa shape index (κ1) is 8.75. The summed E-state index contributed by atoms with van der Waals surface area (Å²) in [6, 6.07) is 0. The Kier molecular flexibility index (Phi) is 3.60. The SMILES string of the molecule is [N-]=[N+]=NCCC1CCCC1S. The van der Waals surface area contributed by atoms with Crippen LogP contribution in [0.15, 0.2) is 5.11 Å². The molecule has 0 amide bonds. The molecule has 1 fully saturated rings. The molecule has 4 heteroatoms. The zero-order valence-corrected chi connectivity index (χ0v) is 7.37. The molecule has 0 radical (unpaired) electrons. The van der Waals surface area contributed by atoms with E-state index >= 15 is 0 Å². The van der Waals surface area contributed by atoms with Crippen molar-refractivity contribution in [1.29, 1.82) is 0 Å². The molecule has 1 saturated carbocycles. The highest BCUT2D eigenvalue weighted by Crippen LogP contribution is 2.31. The second-order valence-corrected chi connectivity index (χ2v) is 3.66. The molecule has 0 aromatic rings. The molecule has 0 N–H and O–H groups in total. The maximum absolute atomic E-state index is 8.05. The lowest BCUT2D eigenvalue weighted by Crippen LogP contribution is -2.07. The summed E-state index contributed by atoms with van der Waals surface area (Å²) < 4.78 is 0. The van der Waals surface area contributed by atoms with Crippen molar-refractivity contribution >= 4 is 12.6 Å². The number of nitrogens with zero attached hydrogens (tertiary/aromatic N) is 3. The number of thiol groups is 1. The monoisotopic (exact) mass is 171 g/mol. The normalized spacial score (nSPS) is 29.9. The van der Waals surface area contributed by atoms with Crippen LogP contribution in [0.2, 0.25) is 0 Å². The summed E-state index contributed by atoms with van der Waals surface area (Å²) >= 11 is 4.45. The molecule has 1 aliphatic rings. The third kappa shape index (κ3) is 2.64. The van der Waals surface area contributed by atoms with Gasteiger partial charge in [-0.3, -0.25) is 0 Å². The van der Waals surface area contributed by atoms with Crippen molar-refractivity contribution in [2.45, 2.75) is 30.9 Å². The van der Waals surface area contributed by atoms with Crippen LogP contribution in [0.4, 0.5) is 0 Å². The summed E-state index contributed by atoms with van der Waals surface area (Å²) in [5, 5.41) is 4.06. The van der Waals surface area contributed by atoms with Crippen molar-refractivity contribution < 1.29 is 0 Å². The molecule has 0 bridgehead atoms. The number of hydrogen-bond acceptors (Lipinski definition) is 2. The van der Waals surface area contributed by atoms with E-state index in [0.717, 1.165) is 6.42 Å². The maximum atomic E-state index is 8.05. The van der Waals surface area contributed by atoms with Gasteiger partial charge in [0.15, 0.2) is 0 Å². The Hall–Kier alpha value is -0.340. The molecule has 1 aliphatic carbocycles. The number of azide groups is 1. The predicted molar refractivity (Wildman–Crippen MR) is 48.7 cm³/mol. The quantitative estimate of drug-likeness (QED) is 0.294. The molecule has 2 unspecified atom stereocenters. The van der Waals surface area contributed by atoms with Gasteiger partial charge in [0.05, 0.1) is 0 Å². The fourth-order valence-electron chi connectivity index (χ4n) is 1.62. The van der Waals surface area contributed by atoms with Gasteiger partial charge in [0, 0.05) is 16.7 Å². The summed E-state index contributed by atoms with van der Waals surface area (Å²) in [5.74, 6) is 0.684. The topological polar surface area (TPSA) is 48.8 Å². The second-order valence-electron chi connectivity index (χ2n) is 3.00. The van der Waals surface area contributed by atoms with Gasteiger partial charge >= 0.3 is 0 Å². The summed E-state index contributed by atoms with van der Waals surface area (Å²) in [4.78, 5) is 2.72. The fraction of sp³-hybridized carbons (Fsp3) is 1.00. The molecule has 1 rings (SSSR count). The Balaban J connectivity index is 2.20. The van der Waals surface area contributed by atoms with Crippen molar-refractivity contribution in [2.24, 2.45) is 11.0 Å². The molecule has 0 aromatic heterocycles. The van der Waals surface area contributed by atoms with Gasteiger partial charge < -0.3 is 0 Å². The van der Waals surface area contributed by atoms with Gasteiger partial charge in [0.25, 0.3) is 0 Å². The Morgan fingerprint density at radius 1 is 1.55 bits per heavy atom. The molecular formula is C7H13N3S. The van der Waals surface area contributed by atoms with Gasteiger partial charge in [-0.1, -0.05) is 11.5 Å². The van der Waals surface area contributed by atoms with Crippen LogP contribution < -0.4 is 0 Å². The largest absolute Gasteiger partial charge is 0.176 e.